The molecule has 0 spiro atoms. The minimum absolute atomic E-state index is 0.285. The lowest BCUT2D eigenvalue weighted by molar-refractivity contribution is -0.135. The van der Waals surface area contributed by atoms with E-state index in [2.05, 4.69) is 96.4 Å². The van der Waals surface area contributed by atoms with Crippen molar-refractivity contribution in [3.8, 4) is 0 Å². The van der Waals surface area contributed by atoms with Gasteiger partial charge < -0.3 is 4.74 Å². The highest BCUT2D eigenvalue weighted by Crippen LogP contribution is 2.61. The highest BCUT2D eigenvalue weighted by Gasteiger charge is 2.40. The third-order valence-corrected chi connectivity index (χ3v) is 12.8. The number of allylic oxidation sites excluding steroid dienone is 1. The van der Waals surface area contributed by atoms with Crippen LogP contribution < -0.4 is 15.8 Å². The van der Waals surface area contributed by atoms with Crippen LogP contribution in [0.2, 0.25) is 0 Å². The molecule has 1 aromatic heterocycles. The summed E-state index contributed by atoms with van der Waals surface area (Å²) in [5.74, 6) is -0.285. The molecule has 0 N–H and O–H groups in total. The molecule has 0 saturated heterocycles. The van der Waals surface area contributed by atoms with Crippen molar-refractivity contribution in [2.45, 2.75) is 0 Å². The van der Waals surface area contributed by atoms with Crippen molar-refractivity contribution in [2.75, 3.05) is 7.11 Å². The Morgan fingerprint density at radius 2 is 1.08 bits per heavy atom. The molecule has 1 aliphatic heterocycles. The molecule has 1 aliphatic rings. The van der Waals surface area contributed by atoms with E-state index in [-0.39, 0.29) is 5.97 Å². The number of methoxy groups -OCH3 is 1. The van der Waals surface area contributed by atoms with Gasteiger partial charge in [-0.05, 0) is 38.8 Å². The molecule has 5 aromatic rings. The second kappa shape index (κ2) is 9.86. The Bertz CT molecular complexity index is 1710. The summed E-state index contributed by atoms with van der Waals surface area (Å²) in [7, 11) is 1.49. The molecular formula is C33H25O2PS. The average Bonchev–Trinajstić information content (AvgIpc) is 3.47. The van der Waals surface area contributed by atoms with Gasteiger partial charge in [-0.25, -0.2) is 4.79 Å². The molecule has 0 fully saturated rings. The predicted molar refractivity (Wildman–Crippen MR) is 156 cm³/mol. The Hall–Kier alpha value is -3.91. The molecule has 4 aromatic carbocycles. The van der Waals surface area contributed by atoms with E-state index in [0.717, 1.165) is 38.2 Å². The minimum atomic E-state index is -2.60. The minimum Gasteiger partial charge on any atom is -0.465 e. The molecule has 0 bridgehead atoms. The van der Waals surface area contributed by atoms with Crippen molar-refractivity contribution in [1.29, 1.82) is 0 Å². The Morgan fingerprint density at radius 1 is 0.622 bits per heavy atom. The van der Waals surface area contributed by atoms with Crippen LogP contribution in [0.3, 0.4) is 0 Å². The number of benzene rings is 4. The molecule has 2 heterocycles. The average molecular weight is 517 g/mol. The van der Waals surface area contributed by atoms with Crippen LogP contribution in [0.5, 0.6) is 0 Å². The van der Waals surface area contributed by atoms with Gasteiger partial charge in [-0.3, -0.25) is 0 Å². The van der Waals surface area contributed by atoms with Crippen molar-refractivity contribution < 1.29 is 9.53 Å². The summed E-state index contributed by atoms with van der Waals surface area (Å²) in [4.78, 5) is 14.2. The van der Waals surface area contributed by atoms with E-state index < -0.39 is 6.89 Å². The molecule has 0 aliphatic carbocycles. The maximum atomic E-state index is 14.2. The number of rotatable bonds is 5. The van der Waals surface area contributed by atoms with Crippen molar-refractivity contribution in [3.63, 3.8) is 0 Å². The van der Waals surface area contributed by atoms with Crippen molar-refractivity contribution in [3.05, 3.63) is 159 Å². The maximum Gasteiger partial charge on any atom is 0.339 e. The van der Waals surface area contributed by atoms with E-state index >= 15 is 0 Å². The highest BCUT2D eigenvalue weighted by atomic mass is 32.1. The van der Waals surface area contributed by atoms with Crippen molar-refractivity contribution in [2.24, 2.45) is 0 Å². The number of hydrogen-bond acceptors (Lipinski definition) is 3. The smallest absolute Gasteiger partial charge is 0.339 e. The first-order valence-corrected chi connectivity index (χ1v) is 14.8. The van der Waals surface area contributed by atoms with Crippen LogP contribution in [0.15, 0.2) is 138 Å². The van der Waals surface area contributed by atoms with E-state index in [1.165, 1.54) is 16.6 Å². The van der Waals surface area contributed by atoms with Crippen LogP contribution in [0.4, 0.5) is 0 Å². The largest absolute Gasteiger partial charge is 0.465 e. The first-order valence-electron chi connectivity index (χ1n) is 12.2. The van der Waals surface area contributed by atoms with Crippen LogP contribution in [-0.4, -0.2) is 13.1 Å². The SMILES string of the molecule is COC(=O)C1=C(c2ccccc2)C(c2ccccc2)=c2ccsc2=P1(c1ccccc1)c1ccccc1. The summed E-state index contributed by atoms with van der Waals surface area (Å²) in [6, 6.07) is 43.9. The molecule has 6 rings (SSSR count). The summed E-state index contributed by atoms with van der Waals surface area (Å²) in [5.41, 5.74) is 4.12. The number of ether oxygens (including phenoxy) is 1. The van der Waals surface area contributed by atoms with Gasteiger partial charge in [0.25, 0.3) is 0 Å². The predicted octanol–water partition coefficient (Wildman–Crippen LogP) is 6.46. The Morgan fingerprint density at radius 3 is 1.57 bits per heavy atom. The number of carbonyl (C=O) groups excluding carboxylic acids is 1. The van der Waals surface area contributed by atoms with Crippen LogP contribution in [0.25, 0.3) is 11.1 Å². The second-order valence-electron chi connectivity index (χ2n) is 8.80. The van der Waals surface area contributed by atoms with E-state index in [1.807, 2.05) is 36.4 Å². The van der Waals surface area contributed by atoms with Gasteiger partial charge >= 0.3 is 5.97 Å². The fourth-order valence-corrected chi connectivity index (χ4v) is 11.9. The summed E-state index contributed by atoms with van der Waals surface area (Å²) in [5, 5.41) is 6.38. The van der Waals surface area contributed by atoms with Gasteiger partial charge in [-0.1, -0.05) is 121 Å². The van der Waals surface area contributed by atoms with Crippen LogP contribution in [0, 0.1) is 4.25 Å². The summed E-state index contributed by atoms with van der Waals surface area (Å²) < 4.78 is 6.86. The molecular weight excluding hydrogens is 491 g/mol. The lowest BCUT2D eigenvalue weighted by Crippen LogP contribution is -2.28. The number of carbonyl (C=O) groups is 1. The second-order valence-corrected chi connectivity index (χ2v) is 13.3. The maximum absolute atomic E-state index is 14.2. The molecule has 180 valence electrons. The quantitative estimate of drug-likeness (QED) is 0.198. The fraction of sp³-hybridized carbons (Fsp3) is 0.0303. The van der Waals surface area contributed by atoms with Crippen molar-refractivity contribution in [1.82, 2.24) is 0 Å². The number of esters is 1. The fourth-order valence-electron chi connectivity index (χ4n) is 5.34. The zero-order valence-corrected chi connectivity index (χ0v) is 22.1. The monoisotopic (exact) mass is 516 g/mol. The van der Waals surface area contributed by atoms with E-state index in [0.29, 0.717) is 0 Å². The summed E-state index contributed by atoms with van der Waals surface area (Å²) in [6.07, 6.45) is 0. The van der Waals surface area contributed by atoms with Crippen molar-refractivity contribution >= 4 is 45.9 Å². The zero-order chi connectivity index (χ0) is 25.2. The van der Waals surface area contributed by atoms with Gasteiger partial charge in [0, 0.05) is 21.9 Å². The van der Waals surface area contributed by atoms with Gasteiger partial charge in [0.2, 0.25) is 0 Å². The third kappa shape index (κ3) is 3.74. The summed E-state index contributed by atoms with van der Waals surface area (Å²) in [6.45, 7) is -2.60. The van der Waals surface area contributed by atoms with E-state index in [9.17, 15) is 4.79 Å². The Kier molecular flexibility index (Phi) is 6.26. The third-order valence-electron chi connectivity index (χ3n) is 6.83. The summed E-state index contributed by atoms with van der Waals surface area (Å²) >= 11 is 1.74. The van der Waals surface area contributed by atoms with E-state index in [1.54, 1.807) is 11.3 Å². The normalized spacial score (nSPS) is 14.2. The van der Waals surface area contributed by atoms with Gasteiger partial charge in [0.05, 0.1) is 12.4 Å². The highest BCUT2D eigenvalue weighted by molar-refractivity contribution is 7.88. The molecule has 2 nitrogen and oxygen atoms in total. The molecule has 4 heteroatoms. The lowest BCUT2D eigenvalue weighted by atomic mass is 9.90. The van der Waals surface area contributed by atoms with Crippen LogP contribution in [0.1, 0.15) is 11.1 Å². The standard InChI is InChI=1S/C33H25O2PS/c1-35-32(34)31-30(25-16-8-3-9-17-25)29(24-14-6-2-7-15-24)28-22-23-37-33(28)36(31,26-18-10-4-11-19-26)27-20-12-5-13-21-27/h2-23H,1H3. The van der Waals surface area contributed by atoms with Gasteiger partial charge in [0.1, 0.15) is 0 Å². The Labute approximate surface area is 220 Å². The van der Waals surface area contributed by atoms with Gasteiger partial charge in [-0.15, -0.1) is 11.3 Å². The van der Waals surface area contributed by atoms with Gasteiger partial charge in [-0.2, -0.15) is 0 Å². The van der Waals surface area contributed by atoms with Crippen LogP contribution in [-0.2, 0) is 9.53 Å². The van der Waals surface area contributed by atoms with E-state index in [4.69, 9.17) is 4.74 Å². The zero-order valence-electron chi connectivity index (χ0n) is 20.4. The van der Waals surface area contributed by atoms with Gasteiger partial charge in [0.15, 0.2) is 0 Å². The molecule has 0 saturated carbocycles. The number of fused-ring (bicyclic) bond motifs is 1. The lowest BCUT2D eigenvalue weighted by Gasteiger charge is -2.34. The van der Waals surface area contributed by atoms with Crippen LogP contribution >= 0.6 is 18.2 Å². The Balaban J connectivity index is 1.98. The molecule has 0 radical (unpaired) electrons. The molecule has 0 unspecified atom stereocenters. The molecule has 0 amide bonds. The number of thiophene rings is 1. The topological polar surface area (TPSA) is 26.3 Å². The molecule has 0 atom stereocenters. The number of hydrogen-bond donors (Lipinski definition) is 0. The first kappa shape index (κ1) is 23.5. The first-order chi connectivity index (χ1) is 18.3. The molecule has 37 heavy (non-hydrogen) atoms.